The van der Waals surface area contributed by atoms with E-state index in [4.69, 9.17) is 11.0 Å². The van der Waals surface area contributed by atoms with Crippen molar-refractivity contribution < 1.29 is 4.79 Å². The lowest BCUT2D eigenvalue weighted by Gasteiger charge is -2.03. The van der Waals surface area contributed by atoms with Gasteiger partial charge in [0.1, 0.15) is 0 Å². The van der Waals surface area contributed by atoms with Crippen LogP contribution in [0.3, 0.4) is 0 Å². The third kappa shape index (κ3) is 3.43. The molecule has 1 rings (SSSR count). The summed E-state index contributed by atoms with van der Waals surface area (Å²) in [5, 5.41) is 8.62. The predicted octanol–water partition coefficient (Wildman–Crippen LogP) is 2.25. The fourth-order valence-corrected chi connectivity index (χ4v) is 1.20. The van der Waals surface area contributed by atoms with Crippen molar-refractivity contribution in [2.24, 2.45) is 5.73 Å². The maximum Gasteiger partial charge on any atom is 0.248 e. The fraction of sp³-hybridized carbons (Fsp3) is 0.333. The van der Waals surface area contributed by atoms with Crippen molar-refractivity contribution in [1.29, 1.82) is 5.26 Å². The van der Waals surface area contributed by atoms with Gasteiger partial charge >= 0.3 is 0 Å². The molecule has 0 aliphatic heterocycles. The van der Waals surface area contributed by atoms with E-state index in [0.29, 0.717) is 17.5 Å². The van der Waals surface area contributed by atoms with Crippen molar-refractivity contribution in [1.82, 2.24) is 0 Å². The van der Waals surface area contributed by atoms with E-state index in [9.17, 15) is 4.79 Å². The number of carbonyl (C=O) groups excluding carboxylic acids is 1. The van der Waals surface area contributed by atoms with E-state index in [1.54, 1.807) is 18.2 Å². The molecule has 3 heteroatoms. The summed E-state index contributed by atoms with van der Waals surface area (Å²) in [6, 6.07) is 6.90. The Labute approximate surface area is 90.5 Å². The maximum atomic E-state index is 10.9. The number of nitrogens with two attached hydrogens (primary N) is 1. The van der Waals surface area contributed by atoms with Crippen LogP contribution >= 0.6 is 0 Å². The van der Waals surface area contributed by atoms with Crippen molar-refractivity contribution in [2.45, 2.75) is 27.2 Å². The van der Waals surface area contributed by atoms with Gasteiger partial charge < -0.3 is 5.73 Å². The van der Waals surface area contributed by atoms with Crippen molar-refractivity contribution in [2.75, 3.05) is 0 Å². The van der Waals surface area contributed by atoms with Crippen LogP contribution in [-0.2, 0) is 6.42 Å². The number of benzene rings is 1. The molecule has 0 spiro atoms. The fourth-order valence-electron chi connectivity index (χ4n) is 1.20. The SMILES string of the molecule is CC.CCc1cc(C#N)ccc1C(N)=O. The van der Waals surface area contributed by atoms with E-state index >= 15 is 0 Å². The van der Waals surface area contributed by atoms with Crippen LogP contribution in [0, 0.1) is 11.3 Å². The summed E-state index contributed by atoms with van der Waals surface area (Å²) in [5.74, 6) is -0.443. The Kier molecular flexibility index (Phi) is 5.81. The molecular weight excluding hydrogens is 188 g/mol. The molecule has 3 nitrogen and oxygen atoms in total. The average molecular weight is 204 g/mol. The Balaban J connectivity index is 0.000000921. The van der Waals surface area contributed by atoms with E-state index in [0.717, 1.165) is 5.56 Å². The highest BCUT2D eigenvalue weighted by Crippen LogP contribution is 2.11. The zero-order valence-corrected chi connectivity index (χ0v) is 9.37. The molecule has 0 atom stereocenters. The first-order valence-corrected chi connectivity index (χ1v) is 5.02. The van der Waals surface area contributed by atoms with Crippen molar-refractivity contribution >= 4 is 5.91 Å². The smallest absolute Gasteiger partial charge is 0.248 e. The molecule has 0 heterocycles. The average Bonchev–Trinajstić information content (AvgIpc) is 2.30. The Morgan fingerprint density at radius 2 is 2.07 bits per heavy atom. The molecule has 0 aliphatic carbocycles. The molecule has 0 saturated carbocycles. The number of amides is 1. The van der Waals surface area contributed by atoms with Gasteiger partial charge in [-0.2, -0.15) is 5.26 Å². The molecule has 80 valence electrons. The highest BCUT2D eigenvalue weighted by atomic mass is 16.1. The number of aryl methyl sites for hydroxylation is 1. The number of rotatable bonds is 2. The molecule has 0 fully saturated rings. The first kappa shape index (κ1) is 13.2. The normalized spacial score (nSPS) is 8.40. The molecule has 0 aliphatic rings. The quantitative estimate of drug-likeness (QED) is 0.802. The molecule has 15 heavy (non-hydrogen) atoms. The lowest BCUT2D eigenvalue weighted by molar-refractivity contribution is 0.0999. The second-order valence-corrected chi connectivity index (χ2v) is 2.70. The molecular formula is C12H16N2O. The molecule has 1 aromatic rings. The van der Waals surface area contributed by atoms with Crippen molar-refractivity contribution in [3.63, 3.8) is 0 Å². The minimum absolute atomic E-state index is 0.443. The van der Waals surface area contributed by atoms with Crippen molar-refractivity contribution in [3.05, 3.63) is 34.9 Å². The van der Waals surface area contributed by atoms with E-state index in [2.05, 4.69) is 0 Å². The van der Waals surface area contributed by atoms with Gasteiger partial charge in [0.05, 0.1) is 11.6 Å². The third-order valence-corrected chi connectivity index (χ3v) is 1.88. The molecule has 0 saturated heterocycles. The lowest BCUT2D eigenvalue weighted by atomic mass is 10.0. The van der Waals surface area contributed by atoms with Gasteiger partial charge in [0.25, 0.3) is 0 Å². The monoisotopic (exact) mass is 204 g/mol. The van der Waals surface area contributed by atoms with E-state index < -0.39 is 5.91 Å². The summed E-state index contributed by atoms with van der Waals surface area (Å²) in [6.07, 6.45) is 0.702. The summed E-state index contributed by atoms with van der Waals surface area (Å²) in [6.45, 7) is 5.92. The summed E-state index contributed by atoms with van der Waals surface area (Å²) in [5.41, 5.74) is 7.04. The van der Waals surface area contributed by atoms with E-state index in [1.807, 2.05) is 26.8 Å². The predicted molar refractivity (Wildman–Crippen MR) is 60.4 cm³/mol. The van der Waals surface area contributed by atoms with Crippen molar-refractivity contribution in [3.8, 4) is 6.07 Å². The Bertz CT molecular complexity index is 378. The highest BCUT2D eigenvalue weighted by Gasteiger charge is 2.06. The molecule has 0 radical (unpaired) electrons. The molecule has 0 bridgehead atoms. The third-order valence-electron chi connectivity index (χ3n) is 1.88. The van der Waals surface area contributed by atoms with Crippen LogP contribution in [0.1, 0.15) is 42.3 Å². The first-order valence-electron chi connectivity index (χ1n) is 5.02. The second kappa shape index (κ2) is 6.61. The first-order chi connectivity index (χ1) is 7.19. The van der Waals surface area contributed by atoms with Crippen LogP contribution < -0.4 is 5.73 Å². The lowest BCUT2D eigenvalue weighted by Crippen LogP contribution is -2.13. The Hall–Kier alpha value is -1.82. The van der Waals surface area contributed by atoms with Gasteiger partial charge in [-0.25, -0.2) is 0 Å². The standard InChI is InChI=1S/C10H10N2O.C2H6/c1-2-8-5-7(6-11)3-4-9(8)10(12)13;1-2/h3-5H,2H2,1H3,(H2,12,13);1-2H3. The molecule has 1 amide bonds. The van der Waals surface area contributed by atoms with Crippen LogP contribution in [0.25, 0.3) is 0 Å². The largest absolute Gasteiger partial charge is 0.366 e. The van der Waals surface area contributed by atoms with E-state index in [1.165, 1.54) is 0 Å². The summed E-state index contributed by atoms with van der Waals surface area (Å²) in [4.78, 5) is 10.9. The van der Waals surface area contributed by atoms with Gasteiger partial charge in [0.15, 0.2) is 0 Å². The number of carbonyl (C=O) groups is 1. The summed E-state index contributed by atoms with van der Waals surface area (Å²) >= 11 is 0. The number of nitrogens with zero attached hydrogens (tertiary/aromatic N) is 1. The van der Waals surface area contributed by atoms with Crippen LogP contribution in [0.15, 0.2) is 18.2 Å². The topological polar surface area (TPSA) is 66.9 Å². The molecule has 0 aromatic heterocycles. The van der Waals surface area contributed by atoms with Crippen LogP contribution in [0.4, 0.5) is 0 Å². The van der Waals surface area contributed by atoms with Gasteiger partial charge in [-0.05, 0) is 30.2 Å². The molecule has 0 unspecified atom stereocenters. The van der Waals surface area contributed by atoms with Crippen LogP contribution in [-0.4, -0.2) is 5.91 Å². The summed E-state index contributed by atoms with van der Waals surface area (Å²) in [7, 11) is 0. The van der Waals surface area contributed by atoms with E-state index in [-0.39, 0.29) is 0 Å². The van der Waals surface area contributed by atoms with Gasteiger partial charge in [-0.1, -0.05) is 20.8 Å². The van der Waals surface area contributed by atoms with Gasteiger partial charge in [0, 0.05) is 5.56 Å². The Morgan fingerprint density at radius 1 is 1.47 bits per heavy atom. The molecule has 1 aromatic carbocycles. The number of hydrogen-bond donors (Lipinski definition) is 1. The van der Waals surface area contributed by atoms with Crippen LogP contribution in [0.5, 0.6) is 0 Å². The van der Waals surface area contributed by atoms with Gasteiger partial charge in [-0.3, -0.25) is 4.79 Å². The number of primary amides is 1. The zero-order valence-electron chi connectivity index (χ0n) is 9.37. The molecule has 2 N–H and O–H groups in total. The maximum absolute atomic E-state index is 10.9. The van der Waals surface area contributed by atoms with Gasteiger partial charge in [0.2, 0.25) is 5.91 Å². The highest BCUT2D eigenvalue weighted by molar-refractivity contribution is 5.94. The number of hydrogen-bond acceptors (Lipinski definition) is 2. The van der Waals surface area contributed by atoms with Gasteiger partial charge in [-0.15, -0.1) is 0 Å². The minimum atomic E-state index is -0.443. The van der Waals surface area contributed by atoms with Crippen LogP contribution in [0.2, 0.25) is 0 Å². The zero-order chi connectivity index (χ0) is 11.8. The number of nitriles is 1. The summed E-state index contributed by atoms with van der Waals surface area (Å²) < 4.78 is 0. The minimum Gasteiger partial charge on any atom is -0.366 e. The second-order valence-electron chi connectivity index (χ2n) is 2.70. The Morgan fingerprint density at radius 3 is 2.47 bits per heavy atom.